The lowest BCUT2D eigenvalue weighted by atomic mass is 10.2. The zero-order valence-corrected chi connectivity index (χ0v) is 8.54. The molecular weight excluding hydrogens is 218 g/mol. The van der Waals surface area contributed by atoms with Crippen LogP contribution in [0.2, 0.25) is 0 Å². The van der Waals surface area contributed by atoms with Crippen LogP contribution in [0.1, 0.15) is 5.56 Å². The first-order valence-electron chi connectivity index (χ1n) is 4.40. The summed E-state index contributed by atoms with van der Waals surface area (Å²) in [4.78, 5) is 22.7. The average molecular weight is 228 g/mol. The molecule has 0 saturated heterocycles. The SMILES string of the molecule is CN(Cc1ccc(F)c(F)c1)C(=O)C(N)=O. The Balaban J connectivity index is 2.77. The van der Waals surface area contributed by atoms with Crippen LogP contribution >= 0.6 is 0 Å². The quantitative estimate of drug-likeness (QED) is 0.745. The van der Waals surface area contributed by atoms with E-state index in [1.807, 2.05) is 0 Å². The maximum absolute atomic E-state index is 12.8. The van der Waals surface area contributed by atoms with Gasteiger partial charge in [0.2, 0.25) is 0 Å². The highest BCUT2D eigenvalue weighted by Crippen LogP contribution is 2.10. The fourth-order valence-corrected chi connectivity index (χ4v) is 1.17. The van der Waals surface area contributed by atoms with Gasteiger partial charge in [-0.05, 0) is 17.7 Å². The summed E-state index contributed by atoms with van der Waals surface area (Å²) in [5.74, 6) is -3.94. The van der Waals surface area contributed by atoms with E-state index >= 15 is 0 Å². The Morgan fingerprint density at radius 2 is 1.94 bits per heavy atom. The van der Waals surface area contributed by atoms with Crippen molar-refractivity contribution in [2.24, 2.45) is 5.73 Å². The van der Waals surface area contributed by atoms with E-state index in [2.05, 4.69) is 0 Å². The number of hydrogen-bond donors (Lipinski definition) is 1. The summed E-state index contributed by atoms with van der Waals surface area (Å²) in [5, 5.41) is 0. The Bertz CT molecular complexity index is 435. The number of likely N-dealkylation sites (N-methyl/N-ethyl adjacent to an activating group) is 1. The molecule has 2 amide bonds. The monoisotopic (exact) mass is 228 g/mol. The number of nitrogens with zero attached hydrogens (tertiary/aromatic N) is 1. The average Bonchev–Trinajstić information content (AvgIpc) is 2.22. The molecule has 0 bridgehead atoms. The van der Waals surface area contributed by atoms with Gasteiger partial charge in [-0.1, -0.05) is 6.07 Å². The van der Waals surface area contributed by atoms with E-state index in [4.69, 9.17) is 5.73 Å². The summed E-state index contributed by atoms with van der Waals surface area (Å²) in [6.07, 6.45) is 0. The number of carbonyl (C=O) groups excluding carboxylic acids is 2. The minimum atomic E-state index is -1.09. The molecule has 0 aliphatic heterocycles. The van der Waals surface area contributed by atoms with Crippen molar-refractivity contribution in [1.82, 2.24) is 4.90 Å². The van der Waals surface area contributed by atoms with Gasteiger partial charge >= 0.3 is 11.8 Å². The van der Waals surface area contributed by atoms with E-state index in [0.717, 1.165) is 17.0 Å². The fourth-order valence-electron chi connectivity index (χ4n) is 1.17. The van der Waals surface area contributed by atoms with E-state index < -0.39 is 23.4 Å². The highest BCUT2D eigenvalue weighted by atomic mass is 19.2. The maximum Gasteiger partial charge on any atom is 0.311 e. The van der Waals surface area contributed by atoms with Crippen molar-refractivity contribution in [2.75, 3.05) is 7.05 Å². The number of carbonyl (C=O) groups is 2. The second-order valence-electron chi connectivity index (χ2n) is 3.27. The number of primary amides is 1. The summed E-state index contributed by atoms with van der Waals surface area (Å²) >= 11 is 0. The molecule has 0 atom stereocenters. The van der Waals surface area contributed by atoms with Gasteiger partial charge in [-0.25, -0.2) is 8.78 Å². The fraction of sp³-hybridized carbons (Fsp3) is 0.200. The minimum absolute atomic E-state index is 0.0149. The molecule has 1 aromatic rings. The van der Waals surface area contributed by atoms with Crippen molar-refractivity contribution in [3.63, 3.8) is 0 Å². The van der Waals surface area contributed by atoms with Gasteiger partial charge < -0.3 is 10.6 Å². The van der Waals surface area contributed by atoms with Gasteiger partial charge in [-0.2, -0.15) is 0 Å². The topological polar surface area (TPSA) is 63.4 Å². The third-order valence-electron chi connectivity index (χ3n) is 1.96. The van der Waals surface area contributed by atoms with Gasteiger partial charge in [0, 0.05) is 13.6 Å². The van der Waals surface area contributed by atoms with Crippen molar-refractivity contribution >= 4 is 11.8 Å². The predicted molar refractivity (Wildman–Crippen MR) is 52.0 cm³/mol. The molecule has 0 radical (unpaired) electrons. The Morgan fingerprint density at radius 1 is 1.31 bits per heavy atom. The third-order valence-corrected chi connectivity index (χ3v) is 1.96. The van der Waals surface area contributed by atoms with Crippen LogP contribution in [0.15, 0.2) is 18.2 Å². The molecule has 16 heavy (non-hydrogen) atoms. The van der Waals surface area contributed by atoms with Gasteiger partial charge in [0.05, 0.1) is 0 Å². The zero-order valence-electron chi connectivity index (χ0n) is 8.54. The molecule has 1 rings (SSSR count). The van der Waals surface area contributed by atoms with E-state index in [0.29, 0.717) is 5.56 Å². The van der Waals surface area contributed by atoms with Gasteiger partial charge in [-0.3, -0.25) is 9.59 Å². The molecule has 0 aromatic heterocycles. The molecule has 0 saturated carbocycles. The van der Waals surface area contributed by atoms with Crippen LogP contribution in [-0.2, 0) is 16.1 Å². The van der Waals surface area contributed by atoms with E-state index in [9.17, 15) is 18.4 Å². The largest absolute Gasteiger partial charge is 0.361 e. The molecule has 0 heterocycles. The van der Waals surface area contributed by atoms with Crippen LogP contribution in [0.3, 0.4) is 0 Å². The van der Waals surface area contributed by atoms with Crippen molar-refractivity contribution in [3.05, 3.63) is 35.4 Å². The molecule has 0 unspecified atom stereocenters. The Labute approximate surface area is 90.6 Å². The maximum atomic E-state index is 12.8. The Kier molecular flexibility index (Phi) is 3.55. The van der Waals surface area contributed by atoms with Gasteiger partial charge in [0.25, 0.3) is 0 Å². The standard InChI is InChI=1S/C10H10F2N2O2/c1-14(10(16)9(13)15)5-6-2-3-7(11)8(12)4-6/h2-4H,5H2,1H3,(H2,13,15). The van der Waals surface area contributed by atoms with Gasteiger partial charge in [-0.15, -0.1) is 0 Å². The van der Waals surface area contributed by atoms with E-state index in [-0.39, 0.29) is 6.54 Å². The smallest absolute Gasteiger partial charge is 0.311 e. The molecule has 0 fully saturated rings. The van der Waals surface area contributed by atoms with Gasteiger partial charge in [0.15, 0.2) is 11.6 Å². The van der Waals surface area contributed by atoms with Crippen LogP contribution in [0.5, 0.6) is 0 Å². The molecule has 0 aliphatic rings. The molecule has 0 spiro atoms. The molecule has 0 aliphatic carbocycles. The molecule has 6 heteroatoms. The summed E-state index contributed by atoms with van der Waals surface area (Å²) in [7, 11) is 1.34. The van der Waals surface area contributed by atoms with Crippen LogP contribution in [0.4, 0.5) is 8.78 Å². The molecular formula is C10H10F2N2O2. The van der Waals surface area contributed by atoms with E-state index in [1.165, 1.54) is 13.1 Å². The summed E-state index contributed by atoms with van der Waals surface area (Å²) in [6, 6.07) is 3.23. The molecule has 1 aromatic carbocycles. The van der Waals surface area contributed by atoms with Crippen LogP contribution < -0.4 is 5.73 Å². The van der Waals surface area contributed by atoms with Crippen LogP contribution in [0.25, 0.3) is 0 Å². The Hall–Kier alpha value is -1.98. The zero-order chi connectivity index (χ0) is 12.3. The van der Waals surface area contributed by atoms with Crippen molar-refractivity contribution in [3.8, 4) is 0 Å². The molecule has 4 nitrogen and oxygen atoms in total. The van der Waals surface area contributed by atoms with Crippen molar-refractivity contribution < 1.29 is 18.4 Å². The first-order chi connectivity index (χ1) is 7.41. The van der Waals surface area contributed by atoms with Crippen molar-refractivity contribution in [1.29, 1.82) is 0 Å². The summed E-state index contributed by atoms with van der Waals surface area (Å²) < 4.78 is 25.4. The van der Waals surface area contributed by atoms with Crippen LogP contribution in [0, 0.1) is 11.6 Å². The van der Waals surface area contributed by atoms with E-state index in [1.54, 1.807) is 0 Å². The number of nitrogens with two attached hydrogens (primary N) is 1. The number of halogens is 2. The summed E-state index contributed by atoms with van der Waals surface area (Å²) in [5.41, 5.74) is 5.15. The normalized spacial score (nSPS) is 9.94. The number of hydrogen-bond acceptors (Lipinski definition) is 2. The lowest BCUT2D eigenvalue weighted by Crippen LogP contribution is -2.37. The highest BCUT2D eigenvalue weighted by molar-refractivity contribution is 6.34. The second kappa shape index (κ2) is 4.69. The van der Waals surface area contributed by atoms with Crippen molar-refractivity contribution in [2.45, 2.75) is 6.54 Å². The highest BCUT2D eigenvalue weighted by Gasteiger charge is 2.15. The third kappa shape index (κ3) is 2.75. The lowest BCUT2D eigenvalue weighted by molar-refractivity contribution is -0.143. The first-order valence-corrected chi connectivity index (χ1v) is 4.40. The van der Waals surface area contributed by atoms with Crippen LogP contribution in [-0.4, -0.2) is 23.8 Å². The summed E-state index contributed by atoms with van der Waals surface area (Å²) in [6.45, 7) is -0.0149. The number of rotatable bonds is 2. The molecule has 2 N–H and O–H groups in total. The lowest BCUT2D eigenvalue weighted by Gasteiger charge is -2.14. The molecule has 86 valence electrons. The first kappa shape index (κ1) is 12.1. The number of amides is 2. The minimum Gasteiger partial charge on any atom is -0.361 e. The Morgan fingerprint density at radius 3 is 2.44 bits per heavy atom. The van der Waals surface area contributed by atoms with Gasteiger partial charge in [0.1, 0.15) is 0 Å². The second-order valence-corrected chi connectivity index (χ2v) is 3.27. The number of benzene rings is 1. The predicted octanol–water partition coefficient (Wildman–Crippen LogP) is 0.409.